The van der Waals surface area contributed by atoms with Crippen LogP contribution in [-0.2, 0) is 34.5 Å². The summed E-state index contributed by atoms with van der Waals surface area (Å²) in [7, 11) is -2.70. The highest BCUT2D eigenvalue weighted by Gasteiger charge is 2.49. The number of hydrogen-bond donors (Lipinski definition) is 1. The Bertz CT molecular complexity index is 1580. The summed E-state index contributed by atoms with van der Waals surface area (Å²) >= 11 is 0. The van der Waals surface area contributed by atoms with Crippen LogP contribution in [0.1, 0.15) is 29.3 Å². The first kappa shape index (κ1) is 24.6. The zero-order valence-electron chi connectivity index (χ0n) is 20.2. The Morgan fingerprint density at radius 3 is 2.76 bits per heavy atom. The molecule has 3 aliphatic rings. The van der Waals surface area contributed by atoms with E-state index in [0.717, 1.165) is 39.0 Å². The number of benzene rings is 2. The van der Waals surface area contributed by atoms with Gasteiger partial charge < -0.3 is 24.2 Å². The van der Waals surface area contributed by atoms with Gasteiger partial charge in [0.05, 0.1) is 12.5 Å². The van der Waals surface area contributed by atoms with Gasteiger partial charge in [0.25, 0.3) is 5.91 Å². The van der Waals surface area contributed by atoms with Crippen LogP contribution in [-0.4, -0.2) is 72.5 Å². The summed E-state index contributed by atoms with van der Waals surface area (Å²) in [6.07, 6.45) is 1.06. The molecule has 2 unspecified atom stereocenters. The fourth-order valence-corrected chi connectivity index (χ4v) is 6.90. The van der Waals surface area contributed by atoms with E-state index in [9.17, 15) is 22.8 Å². The normalized spacial score (nSPS) is 20.4. The maximum absolute atomic E-state index is 13.6. The van der Waals surface area contributed by atoms with Gasteiger partial charge >= 0.3 is 5.97 Å². The molecule has 2 atom stereocenters. The van der Waals surface area contributed by atoms with Gasteiger partial charge in [0.15, 0.2) is 20.4 Å². The number of carbonyl (C=O) groups excluding carboxylic acids is 3. The van der Waals surface area contributed by atoms with Crippen LogP contribution in [0, 0.1) is 0 Å². The van der Waals surface area contributed by atoms with Crippen molar-refractivity contribution in [2.75, 3.05) is 25.3 Å². The van der Waals surface area contributed by atoms with Crippen molar-refractivity contribution in [3.8, 4) is 11.5 Å². The van der Waals surface area contributed by atoms with E-state index in [1.54, 1.807) is 11.0 Å². The highest BCUT2D eigenvalue weighted by atomic mass is 33.1. The van der Waals surface area contributed by atoms with E-state index in [2.05, 4.69) is 4.98 Å². The zero-order chi connectivity index (χ0) is 26.6. The number of H-pyrrole nitrogens is 1. The predicted molar refractivity (Wildman–Crippen MR) is 137 cm³/mol. The molecule has 3 aromatic rings. The first-order valence-electron chi connectivity index (χ1n) is 11.9. The maximum Gasteiger partial charge on any atom is 0.333 e. The topological polar surface area (TPSA) is 135 Å². The SMILES string of the molecule is CS(=O)(=O)SCCC(=O)ON1CC(=O)N2C(Cc3c([nH]c4ccccc34)C2c2ccc3c(c2)OCO3)C1=O. The van der Waals surface area contributed by atoms with E-state index in [1.165, 1.54) is 0 Å². The van der Waals surface area contributed by atoms with E-state index in [1.807, 2.05) is 36.4 Å². The van der Waals surface area contributed by atoms with Crippen LogP contribution in [0.15, 0.2) is 42.5 Å². The van der Waals surface area contributed by atoms with Gasteiger partial charge in [-0.15, -0.1) is 0 Å². The third kappa shape index (κ3) is 4.35. The van der Waals surface area contributed by atoms with Crippen molar-refractivity contribution in [1.82, 2.24) is 14.9 Å². The number of nitrogens with zero attached hydrogens (tertiary/aromatic N) is 2. The molecule has 2 amide bonds. The molecule has 3 aliphatic heterocycles. The second-order valence-electron chi connectivity index (χ2n) is 9.21. The number of amides is 2. The van der Waals surface area contributed by atoms with Crippen molar-refractivity contribution >= 4 is 48.3 Å². The molecule has 38 heavy (non-hydrogen) atoms. The van der Waals surface area contributed by atoms with Crippen molar-refractivity contribution in [3.05, 3.63) is 59.3 Å². The number of rotatable bonds is 6. The van der Waals surface area contributed by atoms with Gasteiger partial charge in [-0.1, -0.05) is 24.3 Å². The first-order valence-corrected chi connectivity index (χ1v) is 15.3. The van der Waals surface area contributed by atoms with Crippen LogP contribution in [0.25, 0.3) is 10.9 Å². The number of aromatic nitrogens is 1. The Balaban J connectivity index is 1.34. The van der Waals surface area contributed by atoms with E-state index < -0.39 is 39.4 Å². The summed E-state index contributed by atoms with van der Waals surface area (Å²) in [5.74, 6) is -0.553. The minimum atomic E-state index is -3.32. The lowest BCUT2D eigenvalue weighted by Crippen LogP contribution is -2.63. The predicted octanol–water partition coefficient (Wildman–Crippen LogP) is 2.12. The van der Waals surface area contributed by atoms with Crippen molar-refractivity contribution < 1.29 is 37.1 Å². The molecule has 0 bridgehead atoms. The van der Waals surface area contributed by atoms with Crippen LogP contribution in [0.5, 0.6) is 11.5 Å². The summed E-state index contributed by atoms with van der Waals surface area (Å²) in [4.78, 5) is 49.7. The molecule has 2 aromatic carbocycles. The Morgan fingerprint density at radius 2 is 1.95 bits per heavy atom. The van der Waals surface area contributed by atoms with Gasteiger partial charge in [-0.25, -0.2) is 13.2 Å². The third-order valence-corrected chi connectivity index (χ3v) is 9.34. The molecule has 1 fully saturated rings. The second kappa shape index (κ2) is 9.24. The van der Waals surface area contributed by atoms with Crippen LogP contribution >= 0.6 is 10.8 Å². The highest BCUT2D eigenvalue weighted by molar-refractivity contribution is 8.71. The number of ether oxygens (including phenoxy) is 2. The quantitative estimate of drug-likeness (QED) is 0.452. The first-order chi connectivity index (χ1) is 18.2. The van der Waals surface area contributed by atoms with Crippen molar-refractivity contribution in [1.29, 1.82) is 0 Å². The molecular formula is C25H23N3O8S2. The number of aromatic amines is 1. The molecule has 1 N–H and O–H groups in total. The summed E-state index contributed by atoms with van der Waals surface area (Å²) in [5, 5.41) is 1.74. The third-order valence-electron chi connectivity index (χ3n) is 6.76. The molecule has 0 spiro atoms. The largest absolute Gasteiger partial charge is 0.454 e. The number of hydrogen-bond acceptors (Lipinski definition) is 9. The second-order valence-corrected chi connectivity index (χ2v) is 13.8. The van der Waals surface area contributed by atoms with Crippen molar-refractivity contribution in [2.24, 2.45) is 0 Å². The molecule has 1 aromatic heterocycles. The minimum absolute atomic E-state index is 0.0198. The summed E-state index contributed by atoms with van der Waals surface area (Å²) in [6.45, 7) is -0.342. The van der Waals surface area contributed by atoms with Crippen molar-refractivity contribution in [2.45, 2.75) is 24.9 Å². The van der Waals surface area contributed by atoms with Crippen LogP contribution < -0.4 is 9.47 Å². The van der Waals surface area contributed by atoms with Crippen molar-refractivity contribution in [3.63, 3.8) is 0 Å². The van der Waals surface area contributed by atoms with Gasteiger partial charge in [0, 0.05) is 35.0 Å². The average Bonchev–Trinajstić information content (AvgIpc) is 3.49. The molecule has 6 rings (SSSR count). The molecule has 198 valence electrons. The number of para-hydroxylation sites is 1. The van der Waals surface area contributed by atoms with Crippen LogP contribution in [0.3, 0.4) is 0 Å². The van der Waals surface area contributed by atoms with E-state index in [-0.39, 0.29) is 31.3 Å². The van der Waals surface area contributed by atoms with Crippen LogP contribution in [0.4, 0.5) is 0 Å². The van der Waals surface area contributed by atoms with E-state index in [0.29, 0.717) is 22.3 Å². The zero-order valence-corrected chi connectivity index (χ0v) is 21.8. The fourth-order valence-electron chi connectivity index (χ4n) is 5.19. The Kier molecular flexibility index (Phi) is 5.99. The van der Waals surface area contributed by atoms with Crippen LogP contribution in [0.2, 0.25) is 0 Å². The molecule has 1 saturated heterocycles. The molecule has 0 saturated carbocycles. The average molecular weight is 558 g/mol. The molecule has 0 aliphatic carbocycles. The molecule has 13 heteroatoms. The molecular weight excluding hydrogens is 534 g/mol. The summed E-state index contributed by atoms with van der Waals surface area (Å²) in [5.41, 5.74) is 3.35. The lowest BCUT2D eigenvalue weighted by Gasteiger charge is -2.46. The van der Waals surface area contributed by atoms with Gasteiger partial charge in [0.1, 0.15) is 12.6 Å². The summed E-state index contributed by atoms with van der Waals surface area (Å²) in [6, 6.07) is 11.7. The van der Waals surface area contributed by atoms with Gasteiger partial charge in [-0.3, -0.25) is 9.59 Å². The Labute approximate surface area is 221 Å². The van der Waals surface area contributed by atoms with Gasteiger partial charge in [0.2, 0.25) is 12.7 Å². The van der Waals surface area contributed by atoms with Gasteiger partial charge in [-0.2, -0.15) is 5.06 Å². The number of fused-ring (bicyclic) bond motifs is 5. The molecule has 11 nitrogen and oxygen atoms in total. The van der Waals surface area contributed by atoms with E-state index >= 15 is 0 Å². The smallest absolute Gasteiger partial charge is 0.333 e. The lowest BCUT2D eigenvalue weighted by molar-refractivity contribution is -0.210. The summed E-state index contributed by atoms with van der Waals surface area (Å²) < 4.78 is 33.6. The molecule has 4 heterocycles. The maximum atomic E-state index is 13.6. The number of nitrogens with one attached hydrogen (secondary N) is 1. The highest BCUT2D eigenvalue weighted by Crippen LogP contribution is 2.44. The van der Waals surface area contributed by atoms with E-state index in [4.69, 9.17) is 14.3 Å². The number of carbonyl (C=O) groups is 3. The standard InChI is InChI=1S/C25H23N3O8S2/c1-38(32,33)37-9-8-22(30)36-27-12-21(29)28-18(25(27)31)11-16-15-4-2-3-5-17(15)26-23(16)24(28)14-6-7-19-20(10-14)35-13-34-19/h2-7,10,18,24,26H,8-9,11-13H2,1H3. The van der Waals surface area contributed by atoms with Gasteiger partial charge in [-0.05, 0) is 40.1 Å². The minimum Gasteiger partial charge on any atom is -0.454 e. The fraction of sp³-hybridized carbons (Fsp3) is 0.320. The monoisotopic (exact) mass is 557 g/mol. The number of piperazine rings is 1. The Hall–Kier alpha value is -3.71. The molecule has 0 radical (unpaired) electrons. The lowest BCUT2D eigenvalue weighted by atomic mass is 9.86. The number of hydroxylamine groups is 2. The Morgan fingerprint density at radius 1 is 1.16 bits per heavy atom.